The molecule has 9 heteroatoms. The number of morpholine rings is 1. The Bertz CT molecular complexity index is 1190. The zero-order valence-electron chi connectivity index (χ0n) is 18.0. The van der Waals surface area contributed by atoms with E-state index >= 15 is 0 Å². The quantitative estimate of drug-likeness (QED) is 0.575. The van der Waals surface area contributed by atoms with Crippen LogP contribution in [-0.4, -0.2) is 71.3 Å². The minimum atomic E-state index is -1.12. The Kier molecular flexibility index (Phi) is 6.08. The van der Waals surface area contributed by atoms with Crippen molar-refractivity contribution in [1.82, 2.24) is 14.8 Å². The van der Waals surface area contributed by atoms with Crippen LogP contribution < -0.4 is 5.32 Å². The molecule has 2 amide bonds. The van der Waals surface area contributed by atoms with Gasteiger partial charge in [-0.05, 0) is 41.5 Å². The summed E-state index contributed by atoms with van der Waals surface area (Å²) in [5.74, 6) is 0.102. The summed E-state index contributed by atoms with van der Waals surface area (Å²) in [6, 6.07) is 11.9. The fraction of sp³-hybridized carbons (Fsp3) is 0.292. The van der Waals surface area contributed by atoms with Gasteiger partial charge in [-0.3, -0.25) is 20.0 Å². The van der Waals surface area contributed by atoms with E-state index in [-0.39, 0.29) is 5.91 Å². The summed E-state index contributed by atoms with van der Waals surface area (Å²) in [7, 11) is 0. The molecule has 0 bridgehead atoms. The number of rotatable bonds is 6. The van der Waals surface area contributed by atoms with Crippen LogP contribution in [0.2, 0.25) is 0 Å². The van der Waals surface area contributed by atoms with Crippen LogP contribution in [0.15, 0.2) is 48.8 Å². The number of carbonyl (C=O) groups excluding carboxylic acids is 1. The molecule has 2 aliphatic heterocycles. The number of fused-ring (bicyclic) bond motifs is 1. The molecule has 3 aromatic rings. The SMILES string of the molecule is O=C(O)Nc1cncc(-c2ccc(-c3ccc4c(c3)CN(CCN3CCOCC3)C4=O)s2)c1. The zero-order valence-corrected chi connectivity index (χ0v) is 18.8. The Morgan fingerprint density at radius 1 is 1.06 bits per heavy atom. The summed E-state index contributed by atoms with van der Waals surface area (Å²) in [5.41, 5.74) is 4.20. The highest BCUT2D eigenvalue weighted by atomic mass is 32.1. The first-order valence-corrected chi connectivity index (χ1v) is 11.7. The number of nitrogens with one attached hydrogen (secondary N) is 1. The van der Waals surface area contributed by atoms with Crippen molar-refractivity contribution >= 4 is 29.0 Å². The lowest BCUT2D eigenvalue weighted by molar-refractivity contribution is 0.0327. The van der Waals surface area contributed by atoms with Crippen LogP contribution in [0.1, 0.15) is 15.9 Å². The maximum atomic E-state index is 12.8. The molecule has 5 rings (SSSR count). The van der Waals surface area contributed by atoms with E-state index < -0.39 is 6.09 Å². The van der Waals surface area contributed by atoms with E-state index in [1.807, 2.05) is 29.2 Å². The first kappa shape index (κ1) is 21.6. The first-order valence-electron chi connectivity index (χ1n) is 10.8. The third-order valence-electron chi connectivity index (χ3n) is 5.94. The second kappa shape index (κ2) is 9.30. The lowest BCUT2D eigenvalue weighted by atomic mass is 10.1. The lowest BCUT2D eigenvalue weighted by Gasteiger charge is -2.28. The van der Waals surface area contributed by atoms with Crippen molar-refractivity contribution in [3.8, 4) is 20.9 Å². The van der Waals surface area contributed by atoms with Crippen molar-refractivity contribution in [2.45, 2.75) is 6.54 Å². The molecule has 0 spiro atoms. The molecular formula is C24H24N4O4S. The molecule has 1 aromatic carbocycles. The van der Waals surface area contributed by atoms with Crippen molar-refractivity contribution in [1.29, 1.82) is 0 Å². The van der Waals surface area contributed by atoms with Gasteiger partial charge in [0.1, 0.15) is 0 Å². The molecule has 1 fully saturated rings. The monoisotopic (exact) mass is 464 g/mol. The van der Waals surface area contributed by atoms with Crippen LogP contribution in [0.25, 0.3) is 20.9 Å². The Balaban J connectivity index is 1.29. The highest BCUT2D eigenvalue weighted by Gasteiger charge is 2.28. The van der Waals surface area contributed by atoms with Gasteiger partial charge in [-0.1, -0.05) is 6.07 Å². The molecule has 1 saturated heterocycles. The van der Waals surface area contributed by atoms with Gasteiger partial charge in [0.05, 0.1) is 25.1 Å². The largest absolute Gasteiger partial charge is 0.465 e. The number of hydrogen-bond donors (Lipinski definition) is 2. The number of amides is 2. The standard InChI is InChI=1S/C24H24N4O4S/c29-23-20-2-1-16(11-18(20)15-28(23)6-5-27-7-9-32-10-8-27)21-3-4-22(33-21)17-12-19(14-25-13-17)26-24(30)31/h1-4,11-14,26H,5-10,15H2,(H,30,31). The number of benzene rings is 1. The minimum absolute atomic E-state index is 0.102. The van der Waals surface area contributed by atoms with Gasteiger partial charge in [0, 0.05) is 59.8 Å². The second-order valence-electron chi connectivity index (χ2n) is 8.11. The van der Waals surface area contributed by atoms with E-state index in [1.54, 1.807) is 23.6 Å². The van der Waals surface area contributed by atoms with Crippen LogP contribution in [0, 0.1) is 0 Å². The van der Waals surface area contributed by atoms with Gasteiger partial charge in [-0.25, -0.2) is 4.79 Å². The summed E-state index contributed by atoms with van der Waals surface area (Å²) in [4.78, 5) is 34.2. The van der Waals surface area contributed by atoms with Gasteiger partial charge in [0.15, 0.2) is 0 Å². The fourth-order valence-electron chi connectivity index (χ4n) is 4.22. The van der Waals surface area contributed by atoms with Gasteiger partial charge in [-0.15, -0.1) is 11.3 Å². The first-order chi connectivity index (χ1) is 16.1. The normalized spacial score (nSPS) is 16.1. The number of carbonyl (C=O) groups is 2. The highest BCUT2D eigenvalue weighted by Crippen LogP contribution is 2.36. The Labute approximate surface area is 195 Å². The molecule has 0 atom stereocenters. The predicted octanol–water partition coefficient (Wildman–Crippen LogP) is 3.86. The summed E-state index contributed by atoms with van der Waals surface area (Å²) in [6.45, 7) is 5.59. The summed E-state index contributed by atoms with van der Waals surface area (Å²) in [5, 5.41) is 11.3. The van der Waals surface area contributed by atoms with Gasteiger partial charge in [0.2, 0.25) is 0 Å². The molecular weight excluding hydrogens is 440 g/mol. The third-order valence-corrected chi connectivity index (χ3v) is 7.12. The molecule has 2 N–H and O–H groups in total. The molecule has 0 radical (unpaired) electrons. The Morgan fingerprint density at radius 3 is 2.64 bits per heavy atom. The van der Waals surface area contributed by atoms with Gasteiger partial charge < -0.3 is 14.7 Å². The van der Waals surface area contributed by atoms with Gasteiger partial charge >= 0.3 is 6.09 Å². The average molecular weight is 465 g/mol. The van der Waals surface area contributed by atoms with E-state index in [0.29, 0.717) is 12.2 Å². The van der Waals surface area contributed by atoms with Crippen LogP contribution in [0.5, 0.6) is 0 Å². The zero-order chi connectivity index (χ0) is 22.8. The molecule has 0 unspecified atom stereocenters. The number of nitrogens with zero attached hydrogens (tertiary/aromatic N) is 3. The summed E-state index contributed by atoms with van der Waals surface area (Å²) in [6.07, 6.45) is 2.08. The molecule has 0 saturated carbocycles. The molecule has 2 aromatic heterocycles. The summed E-state index contributed by atoms with van der Waals surface area (Å²) < 4.78 is 5.40. The van der Waals surface area contributed by atoms with Crippen molar-refractivity contribution in [2.75, 3.05) is 44.7 Å². The fourth-order valence-corrected chi connectivity index (χ4v) is 5.20. The average Bonchev–Trinajstić information content (AvgIpc) is 3.43. The van der Waals surface area contributed by atoms with E-state index in [1.165, 1.54) is 6.20 Å². The smallest absolute Gasteiger partial charge is 0.409 e. The van der Waals surface area contributed by atoms with Crippen LogP contribution in [0.4, 0.5) is 10.5 Å². The van der Waals surface area contributed by atoms with Crippen LogP contribution in [0.3, 0.4) is 0 Å². The van der Waals surface area contributed by atoms with Crippen LogP contribution >= 0.6 is 11.3 Å². The Hall–Kier alpha value is -3.27. The van der Waals surface area contributed by atoms with Crippen molar-refractivity contribution in [2.24, 2.45) is 0 Å². The number of hydrogen-bond acceptors (Lipinski definition) is 6. The minimum Gasteiger partial charge on any atom is -0.465 e. The highest BCUT2D eigenvalue weighted by molar-refractivity contribution is 7.18. The summed E-state index contributed by atoms with van der Waals surface area (Å²) >= 11 is 1.61. The molecule has 0 aliphatic carbocycles. The number of anilines is 1. The van der Waals surface area contributed by atoms with Gasteiger partial charge in [-0.2, -0.15) is 0 Å². The second-order valence-corrected chi connectivity index (χ2v) is 9.19. The predicted molar refractivity (Wildman–Crippen MR) is 127 cm³/mol. The number of pyridine rings is 1. The van der Waals surface area contributed by atoms with Crippen molar-refractivity contribution in [3.63, 3.8) is 0 Å². The van der Waals surface area contributed by atoms with E-state index in [0.717, 1.165) is 71.4 Å². The molecule has 170 valence electrons. The molecule has 8 nitrogen and oxygen atoms in total. The molecule has 33 heavy (non-hydrogen) atoms. The van der Waals surface area contributed by atoms with E-state index in [4.69, 9.17) is 9.84 Å². The van der Waals surface area contributed by atoms with Crippen molar-refractivity contribution < 1.29 is 19.4 Å². The van der Waals surface area contributed by atoms with Crippen LogP contribution in [-0.2, 0) is 11.3 Å². The lowest BCUT2D eigenvalue weighted by Crippen LogP contribution is -2.41. The number of ether oxygens (including phenoxy) is 1. The number of carboxylic acid groups (broad SMARTS) is 1. The number of thiophene rings is 1. The van der Waals surface area contributed by atoms with E-state index in [2.05, 4.69) is 21.3 Å². The third kappa shape index (κ3) is 4.75. The van der Waals surface area contributed by atoms with Crippen molar-refractivity contribution in [3.05, 3.63) is 59.9 Å². The van der Waals surface area contributed by atoms with Gasteiger partial charge in [0.25, 0.3) is 5.91 Å². The topological polar surface area (TPSA) is 95.0 Å². The maximum Gasteiger partial charge on any atom is 0.409 e. The van der Waals surface area contributed by atoms with E-state index in [9.17, 15) is 9.59 Å². The molecule has 4 heterocycles. The Morgan fingerprint density at radius 2 is 1.85 bits per heavy atom. The number of aromatic nitrogens is 1. The maximum absolute atomic E-state index is 12.8. The molecule has 2 aliphatic rings.